The molecule has 1 fully saturated rings. The molecule has 3 rings (SSSR count). The first kappa shape index (κ1) is 18.1. The Kier molecular flexibility index (Phi) is 5.02. The summed E-state index contributed by atoms with van der Waals surface area (Å²) < 4.78 is 31.9. The molecule has 0 unspecified atom stereocenters. The van der Waals surface area contributed by atoms with Gasteiger partial charge in [0.15, 0.2) is 5.58 Å². The van der Waals surface area contributed by atoms with Crippen LogP contribution in [-0.4, -0.2) is 35.7 Å². The molecule has 0 aromatic carbocycles. The second-order valence-corrected chi connectivity index (χ2v) is 10.2. The van der Waals surface area contributed by atoms with Gasteiger partial charge in [-0.2, -0.15) is 4.98 Å². The van der Waals surface area contributed by atoms with Crippen LogP contribution >= 0.6 is 0 Å². The minimum absolute atomic E-state index is 0.302. The van der Waals surface area contributed by atoms with E-state index in [1.165, 1.54) is 0 Å². The maximum atomic E-state index is 12.1. The van der Waals surface area contributed by atoms with Crippen LogP contribution < -0.4 is 10.0 Å². The number of nitrogens with zero attached hydrogens (tertiary/aromatic N) is 2. The molecule has 0 spiro atoms. The van der Waals surface area contributed by atoms with E-state index in [4.69, 9.17) is 4.42 Å². The number of sulfonamides is 1. The van der Waals surface area contributed by atoms with E-state index in [1.54, 1.807) is 33.2 Å². The average Bonchev–Trinajstić information content (AvgIpc) is 2.95. The van der Waals surface area contributed by atoms with E-state index >= 15 is 0 Å². The third-order valence-corrected chi connectivity index (χ3v) is 6.89. The fraction of sp³-hybridized carbons (Fsp3) is 0.647. The highest BCUT2D eigenvalue weighted by atomic mass is 32.2. The van der Waals surface area contributed by atoms with Crippen molar-refractivity contribution in [3.8, 4) is 0 Å². The highest BCUT2D eigenvalue weighted by Crippen LogP contribution is 2.27. The van der Waals surface area contributed by atoms with Gasteiger partial charge in [-0.25, -0.2) is 13.1 Å². The zero-order chi connectivity index (χ0) is 18.1. The molecule has 2 N–H and O–H groups in total. The Morgan fingerprint density at radius 1 is 1.24 bits per heavy atom. The van der Waals surface area contributed by atoms with Gasteiger partial charge in [0.2, 0.25) is 10.0 Å². The predicted molar refractivity (Wildman–Crippen MR) is 97.8 cm³/mol. The number of nitrogens with one attached hydrogen (secondary N) is 2. The summed E-state index contributed by atoms with van der Waals surface area (Å²) in [6.07, 6.45) is 7.25. The molecule has 0 bridgehead atoms. The van der Waals surface area contributed by atoms with E-state index in [2.05, 4.69) is 20.0 Å². The van der Waals surface area contributed by atoms with Gasteiger partial charge in [0.05, 0.1) is 10.9 Å². The molecule has 1 aliphatic carbocycles. The Morgan fingerprint density at radius 2 is 1.96 bits per heavy atom. The van der Waals surface area contributed by atoms with Crippen molar-refractivity contribution in [3.63, 3.8) is 0 Å². The molecule has 7 nitrogen and oxygen atoms in total. The third-order valence-electron chi connectivity index (χ3n) is 4.73. The van der Waals surface area contributed by atoms with Crippen molar-refractivity contribution in [3.05, 3.63) is 18.5 Å². The molecular weight excluding hydrogens is 340 g/mol. The Hall–Kier alpha value is -1.67. The summed E-state index contributed by atoms with van der Waals surface area (Å²) in [5.41, 5.74) is 1.47. The molecule has 0 saturated heterocycles. The number of pyridine rings is 1. The summed E-state index contributed by atoms with van der Waals surface area (Å²) in [5.74, 6) is 0.378. The van der Waals surface area contributed by atoms with E-state index in [-0.39, 0.29) is 0 Å². The lowest BCUT2D eigenvalue weighted by atomic mass is 9.86. The van der Waals surface area contributed by atoms with Crippen LogP contribution in [0.1, 0.15) is 46.5 Å². The van der Waals surface area contributed by atoms with Crippen LogP contribution in [0.2, 0.25) is 0 Å². The number of fused-ring (bicyclic) bond motifs is 1. The zero-order valence-electron chi connectivity index (χ0n) is 14.9. The first-order chi connectivity index (χ1) is 11.7. The van der Waals surface area contributed by atoms with Crippen molar-refractivity contribution in [1.82, 2.24) is 14.7 Å². The summed E-state index contributed by atoms with van der Waals surface area (Å²) >= 11 is 0. The van der Waals surface area contributed by atoms with Gasteiger partial charge < -0.3 is 9.73 Å². The number of hydrogen-bond acceptors (Lipinski definition) is 6. The van der Waals surface area contributed by atoms with Gasteiger partial charge in [-0.1, -0.05) is 0 Å². The van der Waals surface area contributed by atoms with Gasteiger partial charge in [-0.3, -0.25) is 4.98 Å². The highest BCUT2D eigenvalue weighted by molar-refractivity contribution is 7.90. The lowest BCUT2D eigenvalue weighted by molar-refractivity contribution is 0.333. The van der Waals surface area contributed by atoms with Crippen molar-refractivity contribution in [2.24, 2.45) is 5.92 Å². The topological polar surface area (TPSA) is 97.1 Å². The SMILES string of the molecule is CC(C)(C)S(=O)(=O)NCC1CCC(Nc2nc3ccncc3o2)CC1. The van der Waals surface area contributed by atoms with Gasteiger partial charge in [-0.15, -0.1) is 0 Å². The quantitative estimate of drug-likeness (QED) is 0.844. The molecule has 0 aliphatic heterocycles. The summed E-state index contributed by atoms with van der Waals surface area (Å²) in [5, 5.41) is 3.34. The number of oxazole rings is 1. The number of hydrogen-bond donors (Lipinski definition) is 2. The van der Waals surface area contributed by atoms with Crippen LogP contribution in [-0.2, 0) is 10.0 Å². The minimum Gasteiger partial charge on any atom is -0.422 e. The second-order valence-electron chi connectivity index (χ2n) is 7.69. The van der Waals surface area contributed by atoms with Gasteiger partial charge in [0.1, 0.15) is 5.52 Å². The lowest BCUT2D eigenvalue weighted by Crippen LogP contribution is -2.42. The molecule has 2 aromatic rings. The lowest BCUT2D eigenvalue weighted by Gasteiger charge is -2.29. The number of rotatable bonds is 5. The second kappa shape index (κ2) is 6.92. The molecule has 25 heavy (non-hydrogen) atoms. The zero-order valence-corrected chi connectivity index (χ0v) is 15.8. The summed E-state index contributed by atoms with van der Waals surface area (Å²) in [4.78, 5) is 8.43. The Morgan fingerprint density at radius 3 is 2.60 bits per heavy atom. The molecule has 1 aliphatic rings. The van der Waals surface area contributed by atoms with Gasteiger partial charge in [-0.05, 0) is 58.4 Å². The first-order valence-corrected chi connectivity index (χ1v) is 10.2. The summed E-state index contributed by atoms with van der Waals surface area (Å²) in [6.45, 7) is 5.66. The van der Waals surface area contributed by atoms with Gasteiger partial charge in [0, 0.05) is 18.8 Å². The maximum Gasteiger partial charge on any atom is 0.295 e. The van der Waals surface area contributed by atoms with Crippen molar-refractivity contribution < 1.29 is 12.8 Å². The van der Waals surface area contributed by atoms with E-state index in [1.807, 2.05) is 6.07 Å². The monoisotopic (exact) mass is 366 g/mol. The molecule has 0 radical (unpaired) electrons. The summed E-state index contributed by atoms with van der Waals surface area (Å²) in [7, 11) is -3.27. The number of anilines is 1. The van der Waals surface area contributed by atoms with E-state index < -0.39 is 14.8 Å². The van der Waals surface area contributed by atoms with E-state index in [9.17, 15) is 8.42 Å². The van der Waals surface area contributed by atoms with Crippen molar-refractivity contribution in [2.45, 2.75) is 57.2 Å². The standard InChI is InChI=1S/C17H26N4O3S/c1-17(2,3)25(22,23)19-10-12-4-6-13(7-5-12)20-16-21-14-8-9-18-11-15(14)24-16/h8-9,11-13,19H,4-7,10H2,1-3H3,(H,20,21). The van der Waals surface area contributed by atoms with Crippen molar-refractivity contribution in [2.75, 3.05) is 11.9 Å². The minimum atomic E-state index is -3.27. The fourth-order valence-corrected chi connectivity index (χ4v) is 3.86. The molecule has 2 aromatic heterocycles. The highest BCUT2D eigenvalue weighted by Gasteiger charge is 2.30. The Bertz CT molecular complexity index is 785. The molecule has 1 saturated carbocycles. The normalized spacial score (nSPS) is 22.2. The number of aromatic nitrogens is 2. The maximum absolute atomic E-state index is 12.1. The van der Waals surface area contributed by atoms with Crippen LogP contribution in [0.3, 0.4) is 0 Å². The van der Waals surface area contributed by atoms with Crippen LogP contribution in [0.15, 0.2) is 22.9 Å². The Balaban J connectivity index is 1.49. The predicted octanol–water partition coefficient (Wildman–Crippen LogP) is 2.91. The van der Waals surface area contributed by atoms with Gasteiger partial charge >= 0.3 is 0 Å². The smallest absolute Gasteiger partial charge is 0.295 e. The largest absolute Gasteiger partial charge is 0.422 e. The molecular formula is C17H26N4O3S. The van der Waals surface area contributed by atoms with E-state index in [0.717, 1.165) is 31.2 Å². The van der Waals surface area contributed by atoms with Gasteiger partial charge in [0.25, 0.3) is 6.01 Å². The van der Waals surface area contributed by atoms with Crippen LogP contribution in [0, 0.1) is 5.92 Å². The molecule has 2 heterocycles. The van der Waals surface area contributed by atoms with Crippen molar-refractivity contribution >= 4 is 27.1 Å². The molecule has 0 amide bonds. The van der Waals surface area contributed by atoms with Crippen LogP contribution in [0.4, 0.5) is 6.01 Å². The molecule has 8 heteroatoms. The van der Waals surface area contributed by atoms with Crippen LogP contribution in [0.5, 0.6) is 0 Å². The van der Waals surface area contributed by atoms with Crippen LogP contribution in [0.25, 0.3) is 11.1 Å². The molecule has 0 atom stereocenters. The van der Waals surface area contributed by atoms with E-state index in [0.29, 0.717) is 30.1 Å². The first-order valence-electron chi connectivity index (χ1n) is 8.71. The Labute approximate surface area is 148 Å². The third kappa shape index (κ3) is 4.30. The average molecular weight is 366 g/mol. The fourth-order valence-electron chi connectivity index (χ4n) is 2.97. The molecule has 138 valence electrons. The van der Waals surface area contributed by atoms with Crippen molar-refractivity contribution in [1.29, 1.82) is 0 Å². The summed E-state index contributed by atoms with van der Waals surface area (Å²) in [6, 6.07) is 2.65.